The van der Waals surface area contributed by atoms with Gasteiger partial charge in [-0.1, -0.05) is 22.0 Å². The molecule has 0 radical (unpaired) electrons. The van der Waals surface area contributed by atoms with Crippen molar-refractivity contribution in [2.45, 2.75) is 0 Å². The van der Waals surface area contributed by atoms with E-state index in [1.165, 1.54) is 6.07 Å². The van der Waals surface area contributed by atoms with Crippen LogP contribution in [0.15, 0.2) is 46.9 Å². The molecule has 0 atom stereocenters. The summed E-state index contributed by atoms with van der Waals surface area (Å²) in [6, 6.07) is 10.7. The number of halogens is 3. The van der Waals surface area contributed by atoms with Crippen LogP contribution in [0.3, 0.4) is 0 Å². The summed E-state index contributed by atoms with van der Waals surface area (Å²) in [7, 11) is 0. The Kier molecular flexibility index (Phi) is 4.99. The highest BCUT2D eigenvalue weighted by Gasteiger charge is 2.22. The molecular formula is C17H16BrF2N3O. The van der Waals surface area contributed by atoms with E-state index in [0.717, 1.165) is 22.3 Å². The number of hydrogen-bond acceptors (Lipinski definition) is 2. The number of carbonyl (C=O) groups is 1. The van der Waals surface area contributed by atoms with Crippen LogP contribution in [-0.2, 0) is 0 Å². The molecule has 1 heterocycles. The molecule has 1 aliphatic rings. The molecule has 7 heteroatoms. The van der Waals surface area contributed by atoms with Gasteiger partial charge in [-0.2, -0.15) is 0 Å². The lowest BCUT2D eigenvalue weighted by Gasteiger charge is -2.36. The van der Waals surface area contributed by atoms with Crippen molar-refractivity contribution in [3.05, 3.63) is 58.6 Å². The van der Waals surface area contributed by atoms with Crippen molar-refractivity contribution in [2.24, 2.45) is 0 Å². The first-order chi connectivity index (χ1) is 11.5. The lowest BCUT2D eigenvalue weighted by molar-refractivity contribution is 0.208. The molecule has 0 aromatic heterocycles. The van der Waals surface area contributed by atoms with Gasteiger partial charge in [-0.15, -0.1) is 0 Å². The molecule has 3 rings (SSSR count). The van der Waals surface area contributed by atoms with Crippen LogP contribution < -0.4 is 10.2 Å². The number of anilines is 2. The number of hydrogen-bond donors (Lipinski definition) is 1. The van der Waals surface area contributed by atoms with Crippen LogP contribution in [0.4, 0.5) is 25.0 Å². The number of nitrogens with zero attached hydrogens (tertiary/aromatic N) is 2. The molecule has 0 aliphatic carbocycles. The smallest absolute Gasteiger partial charge is 0.322 e. The van der Waals surface area contributed by atoms with E-state index in [1.807, 2.05) is 24.3 Å². The van der Waals surface area contributed by atoms with Crippen molar-refractivity contribution in [1.29, 1.82) is 0 Å². The second-order valence-electron chi connectivity index (χ2n) is 5.51. The van der Waals surface area contributed by atoms with Crippen molar-refractivity contribution in [1.82, 2.24) is 4.90 Å². The van der Waals surface area contributed by atoms with Crippen LogP contribution >= 0.6 is 15.9 Å². The van der Waals surface area contributed by atoms with Crippen molar-refractivity contribution < 1.29 is 13.6 Å². The fraction of sp³-hybridized carbons (Fsp3) is 0.235. The molecule has 0 bridgehead atoms. The second-order valence-corrected chi connectivity index (χ2v) is 6.42. The summed E-state index contributed by atoms with van der Waals surface area (Å²) in [5.41, 5.74) is 1.07. The Morgan fingerprint density at radius 1 is 1.04 bits per heavy atom. The van der Waals surface area contributed by atoms with Gasteiger partial charge in [0.25, 0.3) is 0 Å². The van der Waals surface area contributed by atoms with Crippen LogP contribution in [0.2, 0.25) is 0 Å². The Balaban J connectivity index is 1.59. The zero-order valence-electron chi connectivity index (χ0n) is 12.8. The Hall–Kier alpha value is -2.15. The SMILES string of the molecule is O=C(Nc1ccc(F)cc1F)N1CCN(c2cccc(Br)c2)CC1. The molecule has 1 aliphatic heterocycles. The van der Waals surface area contributed by atoms with Crippen LogP contribution in [-0.4, -0.2) is 37.1 Å². The van der Waals surface area contributed by atoms with Gasteiger partial charge < -0.3 is 15.1 Å². The number of piperazine rings is 1. The highest BCUT2D eigenvalue weighted by atomic mass is 79.9. The molecule has 4 nitrogen and oxygen atoms in total. The van der Waals surface area contributed by atoms with Gasteiger partial charge in [-0.25, -0.2) is 13.6 Å². The van der Waals surface area contributed by atoms with Gasteiger partial charge in [-0.05, 0) is 30.3 Å². The lowest BCUT2D eigenvalue weighted by atomic mass is 10.2. The standard InChI is InChI=1S/C17H16BrF2N3O/c18-12-2-1-3-14(10-12)22-6-8-23(9-7-22)17(24)21-16-5-4-13(19)11-15(16)20/h1-5,10-11H,6-9H2,(H,21,24). The van der Waals surface area contributed by atoms with Crippen molar-refractivity contribution in [2.75, 3.05) is 36.4 Å². The van der Waals surface area contributed by atoms with Gasteiger partial charge in [0.1, 0.15) is 11.6 Å². The fourth-order valence-electron chi connectivity index (χ4n) is 2.63. The minimum absolute atomic E-state index is 0.0178. The first-order valence-corrected chi connectivity index (χ1v) is 8.34. The molecule has 1 fully saturated rings. The third-order valence-electron chi connectivity index (χ3n) is 3.91. The fourth-order valence-corrected chi connectivity index (χ4v) is 3.01. The number of rotatable bonds is 2. The van der Waals surface area contributed by atoms with Crippen molar-refractivity contribution in [3.8, 4) is 0 Å². The molecule has 1 N–H and O–H groups in total. The Morgan fingerprint density at radius 3 is 2.46 bits per heavy atom. The summed E-state index contributed by atoms with van der Waals surface area (Å²) in [6.07, 6.45) is 0. The maximum Gasteiger partial charge on any atom is 0.322 e. The van der Waals surface area contributed by atoms with Gasteiger partial charge in [0.05, 0.1) is 5.69 Å². The van der Waals surface area contributed by atoms with E-state index in [4.69, 9.17) is 0 Å². The van der Waals surface area contributed by atoms with Crippen molar-refractivity contribution >= 4 is 33.3 Å². The summed E-state index contributed by atoms with van der Waals surface area (Å²) in [5.74, 6) is -1.45. The maximum absolute atomic E-state index is 13.6. The molecule has 0 saturated carbocycles. The first kappa shape index (κ1) is 16.7. The second kappa shape index (κ2) is 7.17. The summed E-state index contributed by atoms with van der Waals surface area (Å²) >= 11 is 3.45. The molecule has 2 aromatic carbocycles. The predicted octanol–water partition coefficient (Wildman–Crippen LogP) is 4.08. The quantitative estimate of drug-likeness (QED) is 0.831. The number of amides is 2. The van der Waals surface area contributed by atoms with Gasteiger partial charge in [0.15, 0.2) is 0 Å². The zero-order valence-corrected chi connectivity index (χ0v) is 14.4. The van der Waals surface area contributed by atoms with E-state index in [-0.39, 0.29) is 11.7 Å². The molecule has 126 valence electrons. The molecule has 2 aromatic rings. The normalized spacial score (nSPS) is 14.6. The molecule has 1 saturated heterocycles. The molecule has 0 unspecified atom stereocenters. The number of benzene rings is 2. The van der Waals surface area contributed by atoms with E-state index in [0.29, 0.717) is 26.2 Å². The highest BCUT2D eigenvalue weighted by Crippen LogP contribution is 2.21. The molecular weight excluding hydrogens is 380 g/mol. The number of carbonyl (C=O) groups excluding carboxylic acids is 1. The monoisotopic (exact) mass is 395 g/mol. The zero-order chi connectivity index (χ0) is 17.1. The van der Waals surface area contributed by atoms with E-state index < -0.39 is 11.6 Å². The Morgan fingerprint density at radius 2 is 1.79 bits per heavy atom. The maximum atomic E-state index is 13.6. The van der Waals surface area contributed by atoms with Crippen LogP contribution in [0.5, 0.6) is 0 Å². The topological polar surface area (TPSA) is 35.6 Å². The van der Waals surface area contributed by atoms with Gasteiger partial charge >= 0.3 is 6.03 Å². The average molecular weight is 396 g/mol. The highest BCUT2D eigenvalue weighted by molar-refractivity contribution is 9.10. The van der Waals surface area contributed by atoms with Gasteiger partial charge in [0.2, 0.25) is 0 Å². The molecule has 24 heavy (non-hydrogen) atoms. The summed E-state index contributed by atoms with van der Waals surface area (Å²) in [5, 5.41) is 2.49. The van der Waals surface area contributed by atoms with Gasteiger partial charge in [-0.3, -0.25) is 0 Å². The number of urea groups is 1. The number of nitrogens with one attached hydrogen (secondary N) is 1. The minimum atomic E-state index is -0.781. The Bertz CT molecular complexity index is 748. The van der Waals surface area contributed by atoms with E-state index in [2.05, 4.69) is 26.1 Å². The Labute approximate surface area is 147 Å². The largest absolute Gasteiger partial charge is 0.368 e. The lowest BCUT2D eigenvalue weighted by Crippen LogP contribution is -2.50. The van der Waals surface area contributed by atoms with E-state index in [9.17, 15) is 13.6 Å². The third-order valence-corrected chi connectivity index (χ3v) is 4.41. The van der Waals surface area contributed by atoms with Crippen LogP contribution in [0.25, 0.3) is 0 Å². The molecule has 2 amide bonds. The first-order valence-electron chi connectivity index (χ1n) is 7.54. The van der Waals surface area contributed by atoms with Crippen LogP contribution in [0, 0.1) is 11.6 Å². The van der Waals surface area contributed by atoms with Gasteiger partial charge in [0, 0.05) is 42.4 Å². The molecule has 0 spiro atoms. The summed E-state index contributed by atoms with van der Waals surface area (Å²) in [6.45, 7) is 2.44. The van der Waals surface area contributed by atoms with E-state index >= 15 is 0 Å². The summed E-state index contributed by atoms with van der Waals surface area (Å²) < 4.78 is 27.5. The van der Waals surface area contributed by atoms with Crippen molar-refractivity contribution in [3.63, 3.8) is 0 Å². The average Bonchev–Trinajstić information content (AvgIpc) is 2.57. The van der Waals surface area contributed by atoms with Crippen LogP contribution in [0.1, 0.15) is 0 Å². The summed E-state index contributed by atoms with van der Waals surface area (Å²) in [4.78, 5) is 16.0. The van der Waals surface area contributed by atoms with E-state index in [1.54, 1.807) is 4.90 Å². The predicted molar refractivity (Wildman–Crippen MR) is 93.3 cm³/mol. The minimum Gasteiger partial charge on any atom is -0.368 e. The third kappa shape index (κ3) is 3.84.